The van der Waals surface area contributed by atoms with Crippen molar-refractivity contribution in [1.82, 2.24) is 4.57 Å². The third kappa shape index (κ3) is 2.09. The number of carboxylic acid groups (broad SMARTS) is 1. The average Bonchev–Trinajstić information content (AvgIpc) is 2.06. The summed E-state index contributed by atoms with van der Waals surface area (Å²) in [6, 6.07) is 0.674. The fourth-order valence-corrected chi connectivity index (χ4v) is 0.945. The molecule has 1 heterocycles. The Morgan fingerprint density at radius 3 is 2.40 bits per heavy atom. The number of nitrogens with zero attached hydrogens (tertiary/aromatic N) is 1. The third-order valence-corrected chi connectivity index (χ3v) is 1.54. The summed E-state index contributed by atoms with van der Waals surface area (Å²) < 4.78 is 35.9. The Morgan fingerprint density at radius 2 is 2.00 bits per heavy atom. The monoisotopic (exact) mass is 222 g/mol. The van der Waals surface area contributed by atoms with E-state index in [4.69, 9.17) is 10.8 Å². The fourth-order valence-electron chi connectivity index (χ4n) is 0.945. The van der Waals surface area contributed by atoms with Gasteiger partial charge in [-0.3, -0.25) is 4.79 Å². The first-order chi connectivity index (χ1) is 6.73. The van der Waals surface area contributed by atoms with Crippen LogP contribution in [0.25, 0.3) is 0 Å². The van der Waals surface area contributed by atoms with Gasteiger partial charge in [0.05, 0.1) is 0 Å². The number of nitrogens with two attached hydrogens (primary N) is 1. The molecule has 1 rings (SSSR count). The molecule has 0 aliphatic heterocycles. The SMILES string of the molecule is Nc1cc(C(=O)O)c(=O)n(C(F)(F)F)c1. The highest BCUT2D eigenvalue weighted by Gasteiger charge is 2.33. The van der Waals surface area contributed by atoms with E-state index in [0.717, 1.165) is 0 Å². The van der Waals surface area contributed by atoms with Crippen molar-refractivity contribution in [3.63, 3.8) is 0 Å². The predicted molar refractivity (Wildman–Crippen MR) is 43.4 cm³/mol. The van der Waals surface area contributed by atoms with Gasteiger partial charge in [0.15, 0.2) is 0 Å². The lowest BCUT2D eigenvalue weighted by atomic mass is 10.2. The van der Waals surface area contributed by atoms with Crippen LogP contribution in [0.1, 0.15) is 10.4 Å². The van der Waals surface area contributed by atoms with E-state index in [-0.39, 0.29) is 0 Å². The summed E-state index contributed by atoms with van der Waals surface area (Å²) in [5.74, 6) is -1.76. The van der Waals surface area contributed by atoms with Gasteiger partial charge in [0.2, 0.25) is 0 Å². The van der Waals surface area contributed by atoms with Crippen molar-refractivity contribution in [2.24, 2.45) is 0 Å². The fraction of sp³-hybridized carbons (Fsp3) is 0.143. The van der Waals surface area contributed by atoms with Crippen LogP contribution in [0.3, 0.4) is 0 Å². The Morgan fingerprint density at radius 1 is 1.47 bits per heavy atom. The van der Waals surface area contributed by atoms with E-state index >= 15 is 0 Å². The third-order valence-electron chi connectivity index (χ3n) is 1.54. The van der Waals surface area contributed by atoms with Crippen LogP contribution in [-0.4, -0.2) is 15.6 Å². The molecule has 0 aromatic carbocycles. The zero-order valence-electron chi connectivity index (χ0n) is 7.08. The molecule has 5 nitrogen and oxygen atoms in total. The van der Waals surface area contributed by atoms with Crippen molar-refractivity contribution < 1.29 is 23.1 Å². The quantitative estimate of drug-likeness (QED) is 0.728. The van der Waals surface area contributed by atoms with Crippen LogP contribution in [0, 0.1) is 0 Å². The van der Waals surface area contributed by atoms with Crippen LogP contribution >= 0.6 is 0 Å². The summed E-state index contributed by atoms with van der Waals surface area (Å²) in [5.41, 5.74) is 1.90. The molecule has 1 aromatic heterocycles. The van der Waals surface area contributed by atoms with Crippen molar-refractivity contribution >= 4 is 11.7 Å². The Bertz CT molecular complexity index is 464. The second-order valence-corrected chi connectivity index (χ2v) is 2.64. The van der Waals surface area contributed by atoms with Crippen LogP contribution < -0.4 is 11.3 Å². The van der Waals surface area contributed by atoms with Gasteiger partial charge in [-0.25, -0.2) is 9.36 Å². The molecule has 0 amide bonds. The second kappa shape index (κ2) is 3.30. The summed E-state index contributed by atoms with van der Waals surface area (Å²) >= 11 is 0. The van der Waals surface area contributed by atoms with Crippen LogP contribution in [0.5, 0.6) is 0 Å². The average molecular weight is 222 g/mol. The second-order valence-electron chi connectivity index (χ2n) is 2.64. The molecule has 0 aliphatic rings. The Balaban J connectivity index is 3.57. The smallest absolute Gasteiger partial charge is 0.477 e. The van der Waals surface area contributed by atoms with E-state index in [0.29, 0.717) is 12.3 Å². The molecule has 3 N–H and O–H groups in total. The van der Waals surface area contributed by atoms with Gasteiger partial charge in [0.25, 0.3) is 5.56 Å². The zero-order valence-corrected chi connectivity index (χ0v) is 7.08. The van der Waals surface area contributed by atoms with Crippen LogP contribution in [0.2, 0.25) is 0 Å². The molecule has 0 bridgehead atoms. The first kappa shape index (κ1) is 11.1. The van der Waals surface area contributed by atoms with Gasteiger partial charge in [0.1, 0.15) is 5.56 Å². The minimum atomic E-state index is -4.99. The van der Waals surface area contributed by atoms with Gasteiger partial charge in [0, 0.05) is 11.9 Å². The lowest BCUT2D eigenvalue weighted by Gasteiger charge is -2.10. The van der Waals surface area contributed by atoms with Crippen LogP contribution in [0.15, 0.2) is 17.1 Å². The van der Waals surface area contributed by atoms with Crippen LogP contribution in [-0.2, 0) is 6.30 Å². The lowest BCUT2D eigenvalue weighted by Crippen LogP contribution is -2.34. The Hall–Kier alpha value is -1.99. The van der Waals surface area contributed by atoms with Crippen molar-refractivity contribution in [3.8, 4) is 0 Å². The number of rotatable bonds is 1. The first-order valence-corrected chi connectivity index (χ1v) is 3.56. The van der Waals surface area contributed by atoms with Gasteiger partial charge in [-0.15, -0.1) is 13.2 Å². The molecule has 0 fully saturated rings. The molecule has 0 saturated heterocycles. The highest BCUT2D eigenvalue weighted by Crippen LogP contribution is 2.21. The topological polar surface area (TPSA) is 85.3 Å². The van der Waals surface area contributed by atoms with Gasteiger partial charge < -0.3 is 10.8 Å². The standard InChI is InChI=1S/C7H5F3N2O3/c8-7(9,10)12-2-3(11)1-4(5(12)13)6(14)15/h1-2H,11H2,(H,14,15). The maximum atomic E-state index is 12.2. The van der Waals surface area contributed by atoms with Crippen LogP contribution in [0.4, 0.5) is 18.9 Å². The minimum absolute atomic E-state index is 0.328. The molecule has 15 heavy (non-hydrogen) atoms. The maximum absolute atomic E-state index is 12.2. The normalized spacial score (nSPS) is 11.4. The number of carboxylic acids is 1. The Labute approximate surface area is 80.5 Å². The van der Waals surface area contributed by atoms with Crippen molar-refractivity contribution in [3.05, 3.63) is 28.2 Å². The van der Waals surface area contributed by atoms with Crippen molar-refractivity contribution in [2.45, 2.75) is 6.30 Å². The predicted octanol–water partition coefficient (Wildman–Crippen LogP) is 0.605. The summed E-state index contributed by atoms with van der Waals surface area (Å²) in [6.45, 7) is 0. The first-order valence-electron chi connectivity index (χ1n) is 3.56. The van der Waals surface area contributed by atoms with Gasteiger partial charge in [-0.1, -0.05) is 0 Å². The molecular formula is C7H5F3N2O3. The van der Waals surface area contributed by atoms with Crippen molar-refractivity contribution in [2.75, 3.05) is 5.73 Å². The lowest BCUT2D eigenvalue weighted by molar-refractivity contribution is -0.206. The van der Waals surface area contributed by atoms with E-state index < -0.39 is 33.6 Å². The molecule has 1 aromatic rings. The number of pyridine rings is 1. The van der Waals surface area contributed by atoms with Gasteiger partial charge >= 0.3 is 12.3 Å². The molecule has 0 saturated carbocycles. The molecule has 0 unspecified atom stereocenters. The maximum Gasteiger partial charge on any atom is 0.491 e. The molecule has 8 heteroatoms. The summed E-state index contributed by atoms with van der Waals surface area (Å²) in [7, 11) is 0. The van der Waals surface area contributed by atoms with E-state index in [1.54, 1.807) is 0 Å². The number of aromatic nitrogens is 1. The van der Waals surface area contributed by atoms with Gasteiger partial charge in [-0.05, 0) is 6.07 Å². The van der Waals surface area contributed by atoms with E-state index in [1.807, 2.05) is 0 Å². The largest absolute Gasteiger partial charge is 0.491 e. The van der Waals surface area contributed by atoms with E-state index in [1.165, 1.54) is 0 Å². The number of halogens is 3. The number of hydrogen-bond donors (Lipinski definition) is 2. The highest BCUT2D eigenvalue weighted by molar-refractivity contribution is 5.88. The summed E-state index contributed by atoms with van der Waals surface area (Å²) in [6.07, 6.45) is -4.66. The van der Waals surface area contributed by atoms with E-state index in [9.17, 15) is 22.8 Å². The summed E-state index contributed by atoms with van der Waals surface area (Å²) in [4.78, 5) is 21.4. The highest BCUT2D eigenvalue weighted by atomic mass is 19.4. The molecule has 0 atom stereocenters. The number of carbonyl (C=O) groups is 1. The van der Waals surface area contributed by atoms with E-state index in [2.05, 4.69) is 0 Å². The number of hydrogen-bond acceptors (Lipinski definition) is 3. The molecule has 0 spiro atoms. The number of nitrogen functional groups attached to an aromatic ring is 1. The van der Waals surface area contributed by atoms with Crippen molar-refractivity contribution in [1.29, 1.82) is 0 Å². The molecule has 0 radical (unpaired) electrons. The number of alkyl halides is 3. The Kier molecular flexibility index (Phi) is 2.44. The molecule has 0 aliphatic carbocycles. The zero-order chi connectivity index (χ0) is 11.8. The number of aromatic carboxylic acids is 1. The molecule has 82 valence electrons. The number of anilines is 1. The molecular weight excluding hydrogens is 217 g/mol. The summed E-state index contributed by atoms with van der Waals surface area (Å²) in [5, 5.41) is 8.44. The van der Waals surface area contributed by atoms with Gasteiger partial charge in [-0.2, -0.15) is 0 Å². The minimum Gasteiger partial charge on any atom is -0.477 e.